The van der Waals surface area contributed by atoms with Gasteiger partial charge in [-0.2, -0.15) is 0 Å². The maximum Gasteiger partial charge on any atom is 0.343 e. The van der Waals surface area contributed by atoms with Gasteiger partial charge < -0.3 is 24.8 Å². The molecule has 2 atom stereocenters. The SMILES string of the molecule is CC[C@@]1(O)C(=O)OCc2c1cc1n(c2=O)Cc2c-1nc1cc(C)c(C)c3c1c2[C@H](NC(=O)C1(CO)CC1)CC3. The minimum Gasteiger partial charge on any atom is -0.458 e. The van der Waals surface area contributed by atoms with Crippen LogP contribution in [0.25, 0.3) is 22.3 Å². The molecule has 1 saturated carbocycles. The van der Waals surface area contributed by atoms with Crippen molar-refractivity contribution in [1.82, 2.24) is 14.9 Å². The summed E-state index contributed by atoms with van der Waals surface area (Å²) in [5, 5.41) is 25.4. The summed E-state index contributed by atoms with van der Waals surface area (Å²) >= 11 is 0. The molecule has 3 N–H and O–H groups in total. The zero-order chi connectivity index (χ0) is 27.4. The van der Waals surface area contributed by atoms with Crippen LogP contribution >= 0.6 is 0 Å². The number of nitrogens with zero attached hydrogens (tertiary/aromatic N) is 2. The highest BCUT2D eigenvalue weighted by Gasteiger charge is 2.50. The highest BCUT2D eigenvalue weighted by Crippen LogP contribution is 2.48. The molecule has 2 aliphatic carbocycles. The van der Waals surface area contributed by atoms with Gasteiger partial charge in [-0.25, -0.2) is 9.78 Å². The van der Waals surface area contributed by atoms with Gasteiger partial charge in [-0.05, 0) is 80.3 Å². The average molecular weight is 530 g/mol. The summed E-state index contributed by atoms with van der Waals surface area (Å²) in [6.45, 7) is 5.78. The molecule has 0 bridgehead atoms. The second-order valence-corrected chi connectivity index (χ2v) is 11.7. The van der Waals surface area contributed by atoms with Crippen LogP contribution in [0.4, 0.5) is 0 Å². The third-order valence-corrected chi connectivity index (χ3v) is 9.64. The van der Waals surface area contributed by atoms with E-state index in [1.165, 1.54) is 11.1 Å². The molecule has 7 rings (SSSR count). The summed E-state index contributed by atoms with van der Waals surface area (Å²) in [7, 11) is 0. The fourth-order valence-corrected chi connectivity index (χ4v) is 6.80. The smallest absolute Gasteiger partial charge is 0.343 e. The quantitative estimate of drug-likeness (QED) is 0.346. The number of nitrogens with one attached hydrogen (secondary N) is 1. The number of ether oxygens (including phenoxy) is 1. The molecule has 202 valence electrons. The van der Waals surface area contributed by atoms with Crippen molar-refractivity contribution in [2.75, 3.05) is 6.61 Å². The molecule has 4 heterocycles. The molecule has 3 aromatic rings. The molecular formula is C30H31N3O6. The van der Waals surface area contributed by atoms with Crippen LogP contribution < -0.4 is 10.9 Å². The summed E-state index contributed by atoms with van der Waals surface area (Å²) in [6, 6.07) is 3.49. The van der Waals surface area contributed by atoms with Crippen LogP contribution in [0.5, 0.6) is 0 Å². The van der Waals surface area contributed by atoms with Crippen molar-refractivity contribution < 1.29 is 24.5 Å². The Balaban J connectivity index is 1.47. The minimum absolute atomic E-state index is 0.0769. The van der Waals surface area contributed by atoms with Crippen molar-refractivity contribution in [3.05, 3.63) is 61.4 Å². The molecule has 2 aromatic heterocycles. The van der Waals surface area contributed by atoms with E-state index in [9.17, 15) is 24.6 Å². The molecule has 1 amide bonds. The van der Waals surface area contributed by atoms with Gasteiger partial charge in [0.2, 0.25) is 5.91 Å². The molecule has 0 saturated heterocycles. The van der Waals surface area contributed by atoms with Crippen molar-refractivity contribution in [2.24, 2.45) is 5.41 Å². The Morgan fingerprint density at radius 3 is 2.67 bits per heavy atom. The zero-order valence-electron chi connectivity index (χ0n) is 22.3. The van der Waals surface area contributed by atoms with E-state index in [1.54, 1.807) is 17.6 Å². The second-order valence-electron chi connectivity index (χ2n) is 11.7. The maximum absolute atomic E-state index is 13.7. The summed E-state index contributed by atoms with van der Waals surface area (Å²) < 4.78 is 6.85. The van der Waals surface area contributed by atoms with Gasteiger partial charge in [0.1, 0.15) is 6.61 Å². The molecule has 39 heavy (non-hydrogen) atoms. The van der Waals surface area contributed by atoms with E-state index in [1.807, 2.05) is 0 Å². The van der Waals surface area contributed by atoms with Crippen LogP contribution in [0.15, 0.2) is 16.9 Å². The third-order valence-electron chi connectivity index (χ3n) is 9.64. The number of rotatable bonds is 4. The number of carbonyl (C=O) groups is 2. The van der Waals surface area contributed by atoms with E-state index >= 15 is 0 Å². The normalized spacial score (nSPS) is 23.6. The fraction of sp³-hybridized carbons (Fsp3) is 0.467. The number of esters is 1. The largest absolute Gasteiger partial charge is 0.458 e. The Labute approximate surface area is 224 Å². The molecule has 4 aliphatic rings. The van der Waals surface area contributed by atoms with E-state index < -0.39 is 17.0 Å². The van der Waals surface area contributed by atoms with E-state index in [2.05, 4.69) is 25.2 Å². The van der Waals surface area contributed by atoms with Gasteiger partial charge in [-0.1, -0.05) is 6.92 Å². The predicted molar refractivity (Wildman–Crippen MR) is 142 cm³/mol. The van der Waals surface area contributed by atoms with Crippen molar-refractivity contribution in [3.8, 4) is 11.4 Å². The molecule has 9 nitrogen and oxygen atoms in total. The van der Waals surface area contributed by atoms with Crippen LogP contribution in [0.1, 0.15) is 77.6 Å². The summed E-state index contributed by atoms with van der Waals surface area (Å²) in [4.78, 5) is 44.6. The first-order valence-corrected chi connectivity index (χ1v) is 13.7. The number of hydrogen-bond acceptors (Lipinski definition) is 7. The first-order chi connectivity index (χ1) is 18.6. The topological polar surface area (TPSA) is 131 Å². The first kappa shape index (κ1) is 24.5. The monoisotopic (exact) mass is 529 g/mol. The maximum atomic E-state index is 13.7. The number of aliphatic hydroxyl groups excluding tert-OH is 1. The number of aliphatic hydroxyl groups is 2. The minimum atomic E-state index is -1.89. The van der Waals surface area contributed by atoms with Crippen molar-refractivity contribution in [3.63, 3.8) is 0 Å². The lowest BCUT2D eigenvalue weighted by Crippen LogP contribution is -2.44. The lowest BCUT2D eigenvalue weighted by Gasteiger charge is -2.31. The van der Waals surface area contributed by atoms with Crippen molar-refractivity contribution in [2.45, 2.75) is 77.7 Å². The van der Waals surface area contributed by atoms with E-state index in [0.29, 0.717) is 30.7 Å². The zero-order valence-corrected chi connectivity index (χ0v) is 22.3. The lowest BCUT2D eigenvalue weighted by atomic mass is 9.80. The van der Waals surface area contributed by atoms with Crippen molar-refractivity contribution >= 4 is 22.8 Å². The third kappa shape index (κ3) is 3.14. The summed E-state index contributed by atoms with van der Waals surface area (Å²) in [5.41, 5.74) is 5.04. The number of cyclic esters (lactones) is 1. The van der Waals surface area contributed by atoms with Gasteiger partial charge in [-0.3, -0.25) is 9.59 Å². The van der Waals surface area contributed by atoms with Crippen LogP contribution in [0.2, 0.25) is 0 Å². The molecule has 1 aromatic carbocycles. The molecule has 1 fully saturated rings. The molecule has 0 radical (unpaired) electrons. The van der Waals surface area contributed by atoms with Gasteiger partial charge in [0, 0.05) is 16.5 Å². The number of aryl methyl sites for hydroxylation is 2. The number of fused-ring (bicyclic) bond motifs is 5. The second kappa shape index (κ2) is 7.99. The van der Waals surface area contributed by atoms with Crippen molar-refractivity contribution in [1.29, 1.82) is 0 Å². The number of aromatic nitrogens is 2. The number of benzene rings is 1. The Kier molecular flexibility index (Phi) is 5.01. The number of carbonyl (C=O) groups excluding carboxylic acids is 2. The van der Waals surface area contributed by atoms with Gasteiger partial charge >= 0.3 is 5.97 Å². The molecular weight excluding hydrogens is 498 g/mol. The van der Waals surface area contributed by atoms with Gasteiger partial charge in [-0.15, -0.1) is 0 Å². The summed E-state index contributed by atoms with van der Waals surface area (Å²) in [6.07, 6.45) is 2.92. The van der Waals surface area contributed by atoms with E-state index in [4.69, 9.17) is 9.72 Å². The number of pyridine rings is 2. The Bertz CT molecular complexity index is 1700. The molecule has 0 spiro atoms. The van der Waals surface area contributed by atoms with E-state index in [-0.39, 0.29) is 54.8 Å². The fourth-order valence-electron chi connectivity index (χ4n) is 6.80. The highest BCUT2D eigenvalue weighted by atomic mass is 16.6. The number of hydrogen-bond donors (Lipinski definition) is 3. The lowest BCUT2D eigenvalue weighted by molar-refractivity contribution is -0.172. The first-order valence-electron chi connectivity index (χ1n) is 13.7. The summed E-state index contributed by atoms with van der Waals surface area (Å²) in [5.74, 6) is -0.883. The number of amides is 1. The highest BCUT2D eigenvalue weighted by molar-refractivity contribution is 5.95. The van der Waals surface area contributed by atoms with Gasteiger partial charge in [0.05, 0.1) is 47.1 Å². The Morgan fingerprint density at radius 1 is 1.21 bits per heavy atom. The van der Waals surface area contributed by atoms with E-state index in [0.717, 1.165) is 34.0 Å². The Hall–Kier alpha value is -3.56. The van der Waals surface area contributed by atoms with Crippen LogP contribution in [0.3, 0.4) is 0 Å². The molecule has 0 unspecified atom stereocenters. The van der Waals surface area contributed by atoms with Crippen LogP contribution in [-0.4, -0.2) is 38.2 Å². The Morgan fingerprint density at radius 2 is 1.97 bits per heavy atom. The molecule has 2 aliphatic heterocycles. The predicted octanol–water partition coefficient (Wildman–Crippen LogP) is 2.57. The van der Waals surface area contributed by atoms with Gasteiger partial charge in [0.25, 0.3) is 5.56 Å². The van der Waals surface area contributed by atoms with Gasteiger partial charge in [0.15, 0.2) is 5.60 Å². The van der Waals surface area contributed by atoms with Crippen LogP contribution in [0, 0.1) is 19.3 Å². The standard InChI is InChI=1S/C30H31N3O6/c1-4-30(38)19-10-22-25-17(11-33(22)26(35)18(19)12-39-28(30)37)24-20(32-27(36)29(13-34)7-8-29)6-5-16-15(3)14(2)9-21(31-25)23(16)24/h9-10,20,34,38H,4-8,11-13H2,1-3H3,(H,32,36)/t20-,30+/m1/s1. The van der Waals surface area contributed by atoms with Crippen LogP contribution in [-0.2, 0) is 39.5 Å². The molecule has 9 heteroatoms. The average Bonchev–Trinajstić information content (AvgIpc) is 3.65.